The van der Waals surface area contributed by atoms with Gasteiger partial charge in [0.2, 0.25) is 5.91 Å². The van der Waals surface area contributed by atoms with E-state index in [4.69, 9.17) is 4.74 Å². The number of fused-ring (bicyclic) bond motifs is 2. The Morgan fingerprint density at radius 3 is 3.04 bits per heavy atom. The monoisotopic (exact) mass is 339 g/mol. The molecule has 6 nitrogen and oxygen atoms in total. The highest BCUT2D eigenvalue weighted by atomic mass is 19.1. The molecule has 0 bridgehead atoms. The number of carbonyl (C=O) groups is 1. The van der Waals surface area contributed by atoms with Crippen molar-refractivity contribution in [1.82, 2.24) is 9.97 Å². The van der Waals surface area contributed by atoms with Gasteiger partial charge in [-0.1, -0.05) is 18.2 Å². The number of hydrogen-bond donors (Lipinski definition) is 2. The van der Waals surface area contributed by atoms with Gasteiger partial charge >= 0.3 is 0 Å². The summed E-state index contributed by atoms with van der Waals surface area (Å²) in [6.07, 6.45) is 1.72. The van der Waals surface area contributed by atoms with Gasteiger partial charge < -0.3 is 15.0 Å². The van der Waals surface area contributed by atoms with Gasteiger partial charge in [-0.05, 0) is 24.1 Å². The molecule has 25 heavy (non-hydrogen) atoms. The standard InChI is InChI=1S/C18H14FN3O3/c19-13-7-14-12(18(24)21-9-20-14)6-15(13)22-17(23)11-5-10-3-1-2-4-16(10)25-8-11/h1-4,6-7,9,11H,5,8H2,(H,22,23)(H,20,21,24)/t11-/m1/s1. The van der Waals surface area contributed by atoms with E-state index in [2.05, 4.69) is 15.3 Å². The van der Waals surface area contributed by atoms with Crippen LogP contribution in [0.5, 0.6) is 5.75 Å². The fourth-order valence-electron chi connectivity index (χ4n) is 2.92. The topological polar surface area (TPSA) is 84.1 Å². The maximum Gasteiger partial charge on any atom is 0.258 e. The number of aromatic nitrogens is 2. The minimum Gasteiger partial charge on any atom is -0.492 e. The third-order valence-corrected chi connectivity index (χ3v) is 4.24. The summed E-state index contributed by atoms with van der Waals surface area (Å²) in [6.45, 7) is 0.222. The molecule has 2 heterocycles. The average molecular weight is 339 g/mol. The van der Waals surface area contributed by atoms with E-state index < -0.39 is 17.3 Å². The first kappa shape index (κ1) is 15.3. The lowest BCUT2D eigenvalue weighted by molar-refractivity contribution is -0.121. The average Bonchev–Trinajstić information content (AvgIpc) is 2.62. The van der Waals surface area contributed by atoms with E-state index in [0.29, 0.717) is 6.42 Å². The zero-order chi connectivity index (χ0) is 17.4. The van der Waals surface area contributed by atoms with E-state index in [0.717, 1.165) is 17.4 Å². The summed E-state index contributed by atoms with van der Waals surface area (Å²) in [5, 5.41) is 2.77. The molecule has 3 aromatic rings. The van der Waals surface area contributed by atoms with Gasteiger partial charge in [0.25, 0.3) is 5.56 Å². The molecule has 0 saturated heterocycles. The van der Waals surface area contributed by atoms with Crippen molar-refractivity contribution in [2.75, 3.05) is 11.9 Å². The molecular formula is C18H14FN3O3. The van der Waals surface area contributed by atoms with Crippen molar-refractivity contribution >= 4 is 22.5 Å². The van der Waals surface area contributed by atoms with Crippen molar-refractivity contribution in [1.29, 1.82) is 0 Å². The van der Waals surface area contributed by atoms with Crippen molar-refractivity contribution in [2.24, 2.45) is 5.92 Å². The minimum atomic E-state index is -0.643. The molecule has 126 valence electrons. The molecule has 0 aliphatic carbocycles. The van der Waals surface area contributed by atoms with Crippen LogP contribution in [0, 0.1) is 11.7 Å². The van der Waals surface area contributed by atoms with Gasteiger partial charge in [0.05, 0.1) is 28.8 Å². The molecule has 2 aromatic carbocycles. The Morgan fingerprint density at radius 2 is 2.16 bits per heavy atom. The van der Waals surface area contributed by atoms with Gasteiger partial charge in [-0.15, -0.1) is 0 Å². The lowest BCUT2D eigenvalue weighted by atomic mass is 9.96. The highest BCUT2D eigenvalue weighted by Gasteiger charge is 2.26. The lowest BCUT2D eigenvalue weighted by Gasteiger charge is -2.24. The van der Waals surface area contributed by atoms with E-state index in [9.17, 15) is 14.0 Å². The minimum absolute atomic E-state index is 0.0464. The van der Waals surface area contributed by atoms with Crippen LogP contribution in [0.2, 0.25) is 0 Å². The highest BCUT2D eigenvalue weighted by Crippen LogP contribution is 2.28. The molecular weight excluding hydrogens is 325 g/mol. The van der Waals surface area contributed by atoms with Crippen LogP contribution in [-0.4, -0.2) is 22.5 Å². The molecule has 1 amide bonds. The Labute approximate surface area is 141 Å². The van der Waals surface area contributed by atoms with Gasteiger partial charge in [0.15, 0.2) is 0 Å². The van der Waals surface area contributed by atoms with Crippen molar-refractivity contribution in [3.8, 4) is 5.75 Å². The molecule has 0 radical (unpaired) electrons. The molecule has 1 atom stereocenters. The summed E-state index contributed by atoms with van der Waals surface area (Å²) in [5.41, 5.74) is 0.730. The van der Waals surface area contributed by atoms with Gasteiger partial charge in [0.1, 0.15) is 18.2 Å². The number of aromatic amines is 1. The molecule has 0 unspecified atom stereocenters. The maximum atomic E-state index is 14.2. The van der Waals surface area contributed by atoms with E-state index in [1.54, 1.807) is 0 Å². The van der Waals surface area contributed by atoms with Gasteiger partial charge in [-0.25, -0.2) is 9.37 Å². The Bertz CT molecular complexity index is 1030. The zero-order valence-electron chi connectivity index (χ0n) is 13.1. The Morgan fingerprint density at radius 1 is 1.32 bits per heavy atom. The summed E-state index contributed by atoms with van der Waals surface area (Å²) >= 11 is 0. The quantitative estimate of drug-likeness (QED) is 0.750. The molecule has 1 aliphatic rings. The second kappa shape index (κ2) is 6.01. The SMILES string of the molecule is O=C(Nc1cc2c(=O)[nH]cnc2cc1F)[C@H]1COc2ccccc2C1. The Balaban J connectivity index is 1.59. The first-order chi connectivity index (χ1) is 12.1. The molecule has 7 heteroatoms. The van der Waals surface area contributed by atoms with Crippen LogP contribution in [0.25, 0.3) is 10.9 Å². The van der Waals surface area contributed by atoms with Gasteiger partial charge in [-0.3, -0.25) is 9.59 Å². The number of halogens is 1. The number of nitrogens with zero attached hydrogens (tertiary/aromatic N) is 1. The van der Waals surface area contributed by atoms with Crippen molar-refractivity contribution in [2.45, 2.75) is 6.42 Å². The molecule has 1 aliphatic heterocycles. The smallest absolute Gasteiger partial charge is 0.258 e. The number of anilines is 1. The van der Waals surface area contributed by atoms with Crippen molar-refractivity contribution in [3.05, 3.63) is 64.5 Å². The summed E-state index contributed by atoms with van der Waals surface area (Å²) in [4.78, 5) is 30.6. The van der Waals surface area contributed by atoms with Crippen molar-refractivity contribution in [3.63, 3.8) is 0 Å². The number of rotatable bonds is 2. The predicted octanol–water partition coefficient (Wildman–Crippen LogP) is 2.25. The number of carbonyl (C=O) groups excluding carboxylic acids is 1. The van der Waals surface area contributed by atoms with Crippen LogP contribution < -0.4 is 15.6 Å². The molecule has 0 spiro atoms. The third kappa shape index (κ3) is 2.84. The largest absolute Gasteiger partial charge is 0.492 e. The summed E-state index contributed by atoms with van der Waals surface area (Å²) in [6, 6.07) is 9.93. The molecule has 4 rings (SSSR count). The van der Waals surface area contributed by atoms with Crippen LogP contribution in [0.4, 0.5) is 10.1 Å². The number of benzene rings is 2. The Hall–Kier alpha value is -3.22. The fourth-order valence-corrected chi connectivity index (χ4v) is 2.92. The molecule has 0 saturated carbocycles. The van der Waals surface area contributed by atoms with Crippen molar-refractivity contribution < 1.29 is 13.9 Å². The molecule has 2 N–H and O–H groups in total. The first-order valence-electron chi connectivity index (χ1n) is 7.80. The number of hydrogen-bond acceptors (Lipinski definition) is 4. The normalized spacial score (nSPS) is 16.1. The van der Waals surface area contributed by atoms with Gasteiger partial charge in [-0.2, -0.15) is 0 Å². The first-order valence-corrected chi connectivity index (χ1v) is 7.80. The van der Waals surface area contributed by atoms with Crippen LogP contribution >= 0.6 is 0 Å². The maximum absolute atomic E-state index is 14.2. The predicted molar refractivity (Wildman–Crippen MR) is 90.1 cm³/mol. The molecule has 0 fully saturated rings. The number of para-hydroxylation sites is 1. The summed E-state index contributed by atoms with van der Waals surface area (Å²) in [5.74, 6) is -0.664. The van der Waals surface area contributed by atoms with E-state index in [-0.39, 0.29) is 29.1 Å². The zero-order valence-corrected chi connectivity index (χ0v) is 13.1. The summed E-state index contributed by atoms with van der Waals surface area (Å²) < 4.78 is 19.8. The Kier molecular flexibility index (Phi) is 3.68. The number of ether oxygens (including phenoxy) is 1. The van der Waals surface area contributed by atoms with E-state index >= 15 is 0 Å². The van der Waals surface area contributed by atoms with Crippen LogP contribution in [0.1, 0.15) is 5.56 Å². The van der Waals surface area contributed by atoms with Gasteiger partial charge in [0, 0.05) is 6.07 Å². The summed E-state index contributed by atoms with van der Waals surface area (Å²) in [7, 11) is 0. The molecule has 1 aromatic heterocycles. The third-order valence-electron chi connectivity index (χ3n) is 4.24. The van der Waals surface area contributed by atoms with Crippen LogP contribution in [-0.2, 0) is 11.2 Å². The number of amides is 1. The highest BCUT2D eigenvalue weighted by molar-refractivity contribution is 5.95. The number of H-pyrrole nitrogens is 1. The van der Waals surface area contributed by atoms with Crippen LogP contribution in [0.15, 0.2) is 47.5 Å². The van der Waals surface area contributed by atoms with E-state index in [1.807, 2.05) is 24.3 Å². The lowest BCUT2D eigenvalue weighted by Crippen LogP contribution is -2.32. The number of nitrogens with one attached hydrogen (secondary N) is 2. The second-order valence-electron chi connectivity index (χ2n) is 5.89. The second-order valence-corrected chi connectivity index (χ2v) is 5.89. The fraction of sp³-hybridized carbons (Fsp3) is 0.167. The van der Waals surface area contributed by atoms with Crippen LogP contribution in [0.3, 0.4) is 0 Å². The van der Waals surface area contributed by atoms with E-state index in [1.165, 1.54) is 12.4 Å².